The first-order valence-electron chi connectivity index (χ1n) is 8.78. The number of pyridine rings is 1. The van der Waals surface area contributed by atoms with E-state index in [0.717, 1.165) is 6.42 Å². The number of sulfonamides is 1. The van der Waals surface area contributed by atoms with Gasteiger partial charge in [-0.1, -0.05) is 25.4 Å². The molecule has 1 amide bonds. The summed E-state index contributed by atoms with van der Waals surface area (Å²) in [5.74, 6) is 0.124. The number of nitrogens with zero attached hydrogens (tertiary/aromatic N) is 2. The third-order valence-corrected chi connectivity index (χ3v) is 6.75. The molecule has 6 nitrogen and oxygen atoms in total. The van der Waals surface area contributed by atoms with Crippen molar-refractivity contribution in [3.63, 3.8) is 0 Å². The Balaban J connectivity index is 1.89. The van der Waals surface area contributed by atoms with Crippen molar-refractivity contribution in [1.82, 2.24) is 9.29 Å². The molecule has 1 aliphatic rings. The first kappa shape index (κ1) is 19.8. The summed E-state index contributed by atoms with van der Waals surface area (Å²) < 4.78 is 27.6. The summed E-state index contributed by atoms with van der Waals surface area (Å²) in [5, 5.41) is 2.89. The molecule has 1 fully saturated rings. The third-order valence-electron chi connectivity index (χ3n) is 4.59. The standard InChI is InChI=1S/C19H22ClN3O3S/c1-13-9-14(2)12-23(11-13)27(25,26)16-3-4-18(20)17(10-16)19(24)22-15-5-7-21-8-6-15/h3-8,10,13-14H,9,11-12H2,1-2H3,(H,21,22,24)/t13-,14-/m0/s1. The largest absolute Gasteiger partial charge is 0.322 e. The predicted octanol–water partition coefficient (Wildman–Crippen LogP) is 3.65. The fourth-order valence-electron chi connectivity index (χ4n) is 3.42. The maximum Gasteiger partial charge on any atom is 0.257 e. The molecule has 2 atom stereocenters. The van der Waals surface area contributed by atoms with Gasteiger partial charge in [0.15, 0.2) is 0 Å². The Morgan fingerprint density at radius 2 is 1.78 bits per heavy atom. The monoisotopic (exact) mass is 407 g/mol. The lowest BCUT2D eigenvalue weighted by Crippen LogP contribution is -2.42. The van der Waals surface area contributed by atoms with Gasteiger partial charge in [-0.3, -0.25) is 9.78 Å². The van der Waals surface area contributed by atoms with E-state index in [-0.39, 0.29) is 15.5 Å². The molecule has 8 heteroatoms. The third kappa shape index (κ3) is 4.48. The van der Waals surface area contributed by atoms with E-state index in [4.69, 9.17) is 11.6 Å². The van der Waals surface area contributed by atoms with Crippen molar-refractivity contribution in [2.45, 2.75) is 25.2 Å². The van der Waals surface area contributed by atoms with Gasteiger partial charge in [0.2, 0.25) is 10.0 Å². The van der Waals surface area contributed by atoms with Crippen molar-refractivity contribution in [3.8, 4) is 0 Å². The van der Waals surface area contributed by atoms with Crippen LogP contribution in [-0.2, 0) is 10.0 Å². The van der Waals surface area contributed by atoms with Crippen molar-refractivity contribution in [1.29, 1.82) is 0 Å². The highest BCUT2D eigenvalue weighted by atomic mass is 35.5. The van der Waals surface area contributed by atoms with Crippen molar-refractivity contribution in [3.05, 3.63) is 53.3 Å². The maximum atomic E-state index is 13.1. The molecule has 1 aromatic carbocycles. The number of hydrogen-bond acceptors (Lipinski definition) is 4. The quantitative estimate of drug-likeness (QED) is 0.838. The zero-order valence-corrected chi connectivity index (χ0v) is 16.8. The molecule has 1 saturated heterocycles. The van der Waals surface area contributed by atoms with E-state index in [0.29, 0.717) is 30.6 Å². The summed E-state index contributed by atoms with van der Waals surface area (Å²) in [7, 11) is -3.69. The van der Waals surface area contributed by atoms with Crippen molar-refractivity contribution in [2.75, 3.05) is 18.4 Å². The van der Waals surface area contributed by atoms with Gasteiger partial charge in [-0.05, 0) is 48.6 Å². The molecule has 0 unspecified atom stereocenters. The second kappa shape index (κ2) is 7.96. The number of anilines is 1. The van der Waals surface area contributed by atoms with Gasteiger partial charge >= 0.3 is 0 Å². The first-order valence-corrected chi connectivity index (χ1v) is 10.6. The minimum atomic E-state index is -3.69. The Morgan fingerprint density at radius 1 is 1.15 bits per heavy atom. The van der Waals surface area contributed by atoms with Gasteiger partial charge in [-0.25, -0.2) is 8.42 Å². The SMILES string of the molecule is C[C@H]1C[C@H](C)CN(S(=O)(=O)c2ccc(Cl)c(C(=O)Nc3ccncc3)c2)C1. The molecule has 0 bridgehead atoms. The van der Waals surface area contributed by atoms with Crippen molar-refractivity contribution < 1.29 is 13.2 Å². The molecular weight excluding hydrogens is 386 g/mol. The second-order valence-corrected chi connectivity index (χ2v) is 9.44. The van der Waals surface area contributed by atoms with Crippen LogP contribution in [0.1, 0.15) is 30.6 Å². The van der Waals surface area contributed by atoms with E-state index >= 15 is 0 Å². The summed E-state index contributed by atoms with van der Waals surface area (Å²) in [6, 6.07) is 7.53. The molecule has 0 saturated carbocycles. The molecule has 27 heavy (non-hydrogen) atoms. The van der Waals surface area contributed by atoms with Crippen LogP contribution in [0.4, 0.5) is 5.69 Å². The molecule has 0 radical (unpaired) electrons. The van der Waals surface area contributed by atoms with Crippen LogP contribution in [0.3, 0.4) is 0 Å². The van der Waals surface area contributed by atoms with Gasteiger partial charge in [0.1, 0.15) is 0 Å². The number of carbonyl (C=O) groups is 1. The number of benzene rings is 1. The van der Waals surface area contributed by atoms with Gasteiger partial charge in [0.05, 0.1) is 15.5 Å². The Bertz CT molecular complexity index is 924. The van der Waals surface area contributed by atoms with Crippen LogP contribution in [0.2, 0.25) is 5.02 Å². The molecule has 2 aromatic rings. The lowest BCUT2D eigenvalue weighted by molar-refractivity contribution is 0.102. The molecule has 1 aromatic heterocycles. The Labute approximate surface area is 164 Å². The van der Waals surface area contributed by atoms with Crippen LogP contribution in [0.25, 0.3) is 0 Å². The summed E-state index contributed by atoms with van der Waals surface area (Å²) >= 11 is 6.16. The molecule has 0 spiro atoms. The Kier molecular flexibility index (Phi) is 5.83. The number of carbonyl (C=O) groups excluding carboxylic acids is 1. The van der Waals surface area contributed by atoms with Gasteiger partial charge in [0, 0.05) is 31.2 Å². The van der Waals surface area contributed by atoms with E-state index in [9.17, 15) is 13.2 Å². The van der Waals surface area contributed by atoms with Gasteiger partial charge in [-0.15, -0.1) is 0 Å². The highest BCUT2D eigenvalue weighted by Crippen LogP contribution is 2.29. The number of rotatable bonds is 4. The summed E-state index contributed by atoms with van der Waals surface area (Å²) in [6.07, 6.45) is 4.11. The summed E-state index contributed by atoms with van der Waals surface area (Å²) in [4.78, 5) is 16.5. The number of halogens is 1. The highest BCUT2D eigenvalue weighted by molar-refractivity contribution is 7.89. The average molecular weight is 408 g/mol. The van der Waals surface area contributed by atoms with E-state index in [1.165, 1.54) is 22.5 Å². The fourth-order valence-corrected chi connectivity index (χ4v) is 5.33. The van der Waals surface area contributed by atoms with E-state index < -0.39 is 15.9 Å². The summed E-state index contributed by atoms with van der Waals surface area (Å²) in [6.45, 7) is 5.06. The molecule has 0 aliphatic carbocycles. The number of hydrogen-bond donors (Lipinski definition) is 1. The molecule has 2 heterocycles. The van der Waals surface area contributed by atoms with E-state index in [1.807, 2.05) is 13.8 Å². The van der Waals surface area contributed by atoms with E-state index in [2.05, 4.69) is 10.3 Å². The minimum Gasteiger partial charge on any atom is -0.322 e. The zero-order valence-electron chi connectivity index (χ0n) is 15.2. The molecular formula is C19H22ClN3O3S. The molecule has 1 N–H and O–H groups in total. The van der Waals surface area contributed by atoms with E-state index in [1.54, 1.807) is 24.5 Å². The van der Waals surface area contributed by atoms with Crippen molar-refractivity contribution in [2.24, 2.45) is 11.8 Å². The Morgan fingerprint density at radius 3 is 2.41 bits per heavy atom. The Hall–Kier alpha value is -1.96. The fraction of sp³-hybridized carbons (Fsp3) is 0.368. The van der Waals surface area contributed by atoms with Crippen LogP contribution in [0.15, 0.2) is 47.6 Å². The van der Waals surface area contributed by atoms with Crippen LogP contribution < -0.4 is 5.32 Å². The smallest absolute Gasteiger partial charge is 0.257 e. The number of nitrogens with one attached hydrogen (secondary N) is 1. The van der Waals surface area contributed by atoms with Crippen molar-refractivity contribution >= 4 is 33.2 Å². The van der Waals surface area contributed by atoms with Gasteiger partial charge in [0.25, 0.3) is 5.91 Å². The van der Waals surface area contributed by atoms with Crippen LogP contribution in [-0.4, -0.2) is 36.7 Å². The number of amides is 1. The maximum absolute atomic E-state index is 13.1. The first-order chi connectivity index (χ1) is 12.8. The lowest BCUT2D eigenvalue weighted by Gasteiger charge is -2.34. The van der Waals surface area contributed by atoms with Crippen LogP contribution in [0.5, 0.6) is 0 Å². The molecule has 1 aliphatic heterocycles. The number of piperidine rings is 1. The highest BCUT2D eigenvalue weighted by Gasteiger charge is 2.32. The summed E-state index contributed by atoms with van der Waals surface area (Å²) in [5.41, 5.74) is 0.672. The normalized spacial score (nSPS) is 21.0. The van der Waals surface area contributed by atoms with Crippen LogP contribution >= 0.6 is 11.6 Å². The molecule has 3 rings (SSSR count). The van der Waals surface area contributed by atoms with Gasteiger partial charge < -0.3 is 5.32 Å². The number of aromatic nitrogens is 1. The lowest BCUT2D eigenvalue weighted by atomic mass is 9.94. The topological polar surface area (TPSA) is 79.4 Å². The minimum absolute atomic E-state index is 0.0769. The molecule has 144 valence electrons. The zero-order chi connectivity index (χ0) is 19.6. The van der Waals surface area contributed by atoms with Gasteiger partial charge in [-0.2, -0.15) is 4.31 Å². The van der Waals surface area contributed by atoms with Crippen LogP contribution in [0, 0.1) is 11.8 Å². The predicted molar refractivity (Wildman–Crippen MR) is 105 cm³/mol. The second-order valence-electron chi connectivity index (χ2n) is 7.10. The average Bonchev–Trinajstić information content (AvgIpc) is 2.62.